The number of hydrogen-bond acceptors (Lipinski definition) is 4. The van der Waals surface area contributed by atoms with Crippen molar-refractivity contribution in [3.05, 3.63) is 54.9 Å². The Morgan fingerprint density at radius 3 is 2.33 bits per heavy atom. The lowest BCUT2D eigenvalue weighted by Gasteiger charge is -2.11. The topological polar surface area (TPSA) is 71.3 Å². The number of nitriles is 1. The highest BCUT2D eigenvalue weighted by Crippen LogP contribution is 2.37. The van der Waals surface area contributed by atoms with Gasteiger partial charge in [-0.25, -0.2) is 0 Å². The van der Waals surface area contributed by atoms with E-state index in [0.717, 1.165) is 5.56 Å². The number of carbonyl (C=O) groups excluding carboxylic acids is 1. The van der Waals surface area contributed by atoms with Crippen LogP contribution in [0.3, 0.4) is 0 Å². The molecule has 0 atom stereocenters. The van der Waals surface area contributed by atoms with Crippen LogP contribution < -0.4 is 14.8 Å². The molecule has 2 rings (SSSR count). The van der Waals surface area contributed by atoms with Crippen LogP contribution >= 0.6 is 43.5 Å². The molecule has 27 heavy (non-hydrogen) atoms. The van der Waals surface area contributed by atoms with E-state index >= 15 is 0 Å². The van der Waals surface area contributed by atoms with Crippen LogP contribution in [0.2, 0.25) is 5.02 Å². The Hall–Kier alpha value is -2.01. The number of benzene rings is 2. The highest BCUT2D eigenvalue weighted by atomic mass is 79.9. The summed E-state index contributed by atoms with van der Waals surface area (Å²) in [6, 6.07) is 8.86. The molecule has 8 heteroatoms. The molecule has 5 nitrogen and oxygen atoms in total. The molecule has 0 unspecified atom stereocenters. The molecule has 0 aliphatic heterocycles. The number of carbonyl (C=O) groups is 1. The van der Waals surface area contributed by atoms with Gasteiger partial charge in [0.15, 0.2) is 11.5 Å². The molecule has 0 radical (unpaired) electrons. The van der Waals surface area contributed by atoms with E-state index in [4.69, 9.17) is 21.1 Å². The fourth-order valence-electron chi connectivity index (χ4n) is 2.34. The van der Waals surface area contributed by atoms with Crippen LogP contribution in [0.5, 0.6) is 11.5 Å². The molecule has 0 spiro atoms. The predicted molar refractivity (Wildman–Crippen MR) is 113 cm³/mol. The number of hydrogen-bond donors (Lipinski definition) is 1. The summed E-state index contributed by atoms with van der Waals surface area (Å²) in [6.45, 7) is 1.93. The van der Waals surface area contributed by atoms with Crippen molar-refractivity contribution in [1.82, 2.24) is 0 Å². The van der Waals surface area contributed by atoms with Gasteiger partial charge in [-0.3, -0.25) is 4.79 Å². The summed E-state index contributed by atoms with van der Waals surface area (Å²) < 4.78 is 11.8. The first-order valence-electron chi connectivity index (χ1n) is 7.61. The molecule has 0 heterocycles. The van der Waals surface area contributed by atoms with E-state index in [1.165, 1.54) is 20.3 Å². The first-order chi connectivity index (χ1) is 12.8. The maximum absolute atomic E-state index is 12.6. The minimum absolute atomic E-state index is 0.0855. The van der Waals surface area contributed by atoms with Crippen LogP contribution in [0, 0.1) is 18.3 Å². The van der Waals surface area contributed by atoms with Gasteiger partial charge in [-0.1, -0.05) is 11.6 Å². The van der Waals surface area contributed by atoms with Crippen molar-refractivity contribution in [3.63, 3.8) is 0 Å². The Balaban J connectivity index is 2.38. The lowest BCUT2D eigenvalue weighted by molar-refractivity contribution is -0.112. The third-order valence-corrected chi connectivity index (χ3v) is 5.09. The summed E-state index contributed by atoms with van der Waals surface area (Å²) >= 11 is 13.0. The van der Waals surface area contributed by atoms with Gasteiger partial charge in [0.25, 0.3) is 5.91 Å². The van der Waals surface area contributed by atoms with Crippen molar-refractivity contribution < 1.29 is 14.3 Å². The normalized spacial score (nSPS) is 10.9. The van der Waals surface area contributed by atoms with E-state index in [1.807, 2.05) is 25.1 Å². The third kappa shape index (κ3) is 5.04. The number of aryl methyl sites for hydroxylation is 1. The second-order valence-corrected chi connectivity index (χ2v) is 7.58. The Labute approximate surface area is 179 Å². The van der Waals surface area contributed by atoms with Gasteiger partial charge in [0.2, 0.25) is 0 Å². The highest BCUT2D eigenvalue weighted by molar-refractivity contribution is 9.11. The van der Waals surface area contributed by atoms with Crippen LogP contribution in [-0.4, -0.2) is 20.1 Å². The van der Waals surface area contributed by atoms with Crippen molar-refractivity contribution in [2.45, 2.75) is 6.92 Å². The Morgan fingerprint density at radius 2 is 1.81 bits per heavy atom. The molecule has 0 saturated heterocycles. The molecule has 140 valence electrons. The summed E-state index contributed by atoms with van der Waals surface area (Å²) in [6.07, 6.45) is 1.43. The molecule has 0 fully saturated rings. The van der Waals surface area contributed by atoms with Gasteiger partial charge in [-0.15, -0.1) is 0 Å². The number of anilines is 1. The second kappa shape index (κ2) is 9.27. The maximum Gasteiger partial charge on any atom is 0.266 e. The molecule has 0 aliphatic rings. The highest BCUT2D eigenvalue weighted by Gasteiger charge is 2.16. The average molecular weight is 515 g/mol. The van der Waals surface area contributed by atoms with Crippen molar-refractivity contribution in [2.75, 3.05) is 19.5 Å². The van der Waals surface area contributed by atoms with E-state index in [2.05, 4.69) is 37.2 Å². The summed E-state index contributed by atoms with van der Waals surface area (Å²) in [5, 5.41) is 12.5. The second-order valence-electron chi connectivity index (χ2n) is 5.47. The molecular formula is C19H15Br2ClN2O3. The maximum atomic E-state index is 12.6. The van der Waals surface area contributed by atoms with E-state index < -0.39 is 5.91 Å². The molecule has 0 aromatic heterocycles. The Morgan fingerprint density at radius 1 is 1.19 bits per heavy atom. The summed E-state index contributed by atoms with van der Waals surface area (Å²) in [5.74, 6) is 0.235. The SMILES string of the molecule is COc1cc(/C=C(\C#N)C(=O)Nc2c(Br)cc(C)cc2Br)cc(Cl)c1OC. The molecule has 1 N–H and O–H groups in total. The van der Waals surface area contributed by atoms with E-state index in [0.29, 0.717) is 36.7 Å². The Bertz CT molecular complexity index is 945. The van der Waals surface area contributed by atoms with Gasteiger partial charge < -0.3 is 14.8 Å². The molecule has 0 aliphatic carbocycles. The Kier molecular flexibility index (Phi) is 7.31. The van der Waals surface area contributed by atoms with Crippen molar-refractivity contribution in [3.8, 4) is 17.6 Å². The smallest absolute Gasteiger partial charge is 0.266 e. The number of methoxy groups -OCH3 is 2. The minimum atomic E-state index is -0.548. The van der Waals surface area contributed by atoms with Gasteiger partial charge in [0.05, 0.1) is 24.9 Å². The van der Waals surface area contributed by atoms with Gasteiger partial charge in [0.1, 0.15) is 11.6 Å². The molecule has 2 aromatic carbocycles. The quantitative estimate of drug-likeness (QED) is 0.408. The van der Waals surface area contributed by atoms with Gasteiger partial charge >= 0.3 is 0 Å². The summed E-state index contributed by atoms with van der Waals surface area (Å²) in [7, 11) is 2.96. The average Bonchev–Trinajstić information content (AvgIpc) is 2.61. The van der Waals surface area contributed by atoms with Crippen LogP contribution in [0.25, 0.3) is 6.08 Å². The van der Waals surface area contributed by atoms with Crippen molar-refractivity contribution >= 4 is 61.1 Å². The number of nitrogens with one attached hydrogen (secondary N) is 1. The lowest BCUT2D eigenvalue weighted by Crippen LogP contribution is -2.14. The zero-order valence-electron chi connectivity index (χ0n) is 14.7. The number of halogens is 3. The number of nitrogens with zero attached hydrogens (tertiary/aromatic N) is 1. The zero-order chi connectivity index (χ0) is 20.1. The van der Waals surface area contributed by atoms with Crippen molar-refractivity contribution in [2.24, 2.45) is 0 Å². The van der Waals surface area contributed by atoms with E-state index in [1.54, 1.807) is 12.1 Å². The first-order valence-corrected chi connectivity index (χ1v) is 9.57. The minimum Gasteiger partial charge on any atom is -0.493 e. The molecule has 0 bridgehead atoms. The standard InChI is InChI=1S/C19H15Br2ClN2O3/c1-10-4-13(20)17(14(21)5-10)24-19(25)12(9-23)6-11-7-15(22)18(27-3)16(8-11)26-2/h4-8H,1-3H3,(H,24,25)/b12-6+. The zero-order valence-corrected chi connectivity index (χ0v) is 18.6. The van der Waals surface area contributed by atoms with Crippen molar-refractivity contribution in [1.29, 1.82) is 5.26 Å². The lowest BCUT2D eigenvalue weighted by atomic mass is 10.1. The number of rotatable bonds is 5. The van der Waals surface area contributed by atoms with Gasteiger partial charge in [0, 0.05) is 8.95 Å². The fourth-order valence-corrected chi connectivity index (χ4v) is 4.25. The van der Waals surface area contributed by atoms with Crippen LogP contribution in [0.4, 0.5) is 5.69 Å². The monoisotopic (exact) mass is 512 g/mol. The molecule has 1 amide bonds. The van der Waals surface area contributed by atoms with Crippen LogP contribution in [-0.2, 0) is 4.79 Å². The number of ether oxygens (including phenoxy) is 2. The fraction of sp³-hybridized carbons (Fsp3) is 0.158. The largest absolute Gasteiger partial charge is 0.493 e. The molecule has 2 aromatic rings. The summed E-state index contributed by atoms with van der Waals surface area (Å²) in [4.78, 5) is 12.6. The van der Waals surface area contributed by atoms with E-state index in [-0.39, 0.29) is 5.57 Å². The van der Waals surface area contributed by atoms with E-state index in [9.17, 15) is 10.1 Å². The number of amides is 1. The predicted octanol–water partition coefficient (Wildman–Crippen LogP) is 5.74. The van der Waals surface area contributed by atoms with Gasteiger partial charge in [-0.2, -0.15) is 5.26 Å². The molecule has 0 saturated carbocycles. The first kappa shape index (κ1) is 21.3. The van der Waals surface area contributed by atoms with Gasteiger partial charge in [-0.05, 0) is 80.3 Å². The third-order valence-electron chi connectivity index (χ3n) is 3.56. The molecular weight excluding hydrogens is 499 g/mol. The van der Waals surface area contributed by atoms with Crippen LogP contribution in [0.1, 0.15) is 11.1 Å². The summed E-state index contributed by atoms with van der Waals surface area (Å²) in [5.41, 5.74) is 2.00. The van der Waals surface area contributed by atoms with Crippen LogP contribution in [0.15, 0.2) is 38.8 Å².